The van der Waals surface area contributed by atoms with Gasteiger partial charge in [-0.25, -0.2) is 0 Å². The Morgan fingerprint density at radius 2 is 0.970 bits per heavy atom. The lowest BCUT2D eigenvalue weighted by Crippen LogP contribution is -2.19. The first kappa shape index (κ1) is 37.7. The Balaban J connectivity index is 0.916. The van der Waals surface area contributed by atoms with Gasteiger partial charge >= 0.3 is 0 Å². The van der Waals surface area contributed by atoms with Gasteiger partial charge < -0.3 is 9.13 Å². The number of para-hydroxylation sites is 1. The summed E-state index contributed by atoms with van der Waals surface area (Å²) in [7, 11) is 0. The molecule has 0 aliphatic heterocycles. The Kier molecular flexibility index (Phi) is 7.67. The lowest BCUT2D eigenvalue weighted by Gasteiger charge is -2.29. The van der Waals surface area contributed by atoms with Gasteiger partial charge in [-0.1, -0.05) is 167 Å². The molecule has 3 aliphatic rings. The van der Waals surface area contributed by atoms with Crippen molar-refractivity contribution in [3.63, 3.8) is 0 Å². The summed E-state index contributed by atoms with van der Waals surface area (Å²) in [6, 6.07) is 71.0. The topological polar surface area (TPSA) is 9.86 Å². The SMILES string of the molecule is CC1(C)C2=C(C=CC(c3ccc4c(c3)c3cc(-c5ccc6c(c5)c5ccccc5n6-c5ccc6c(c5)C(C)(C)c5ccccc5-6)ccc3n4-c3ccc4ccccc4c3)C2)c2ccccc21. The van der Waals surface area contributed by atoms with Gasteiger partial charge in [-0.2, -0.15) is 0 Å². The molecule has 2 nitrogen and oxygen atoms in total. The maximum atomic E-state index is 2.50. The summed E-state index contributed by atoms with van der Waals surface area (Å²) in [5, 5.41) is 7.60. The number of nitrogens with zero attached hydrogens (tertiary/aromatic N) is 2. The van der Waals surface area contributed by atoms with Crippen LogP contribution >= 0.6 is 0 Å². The highest BCUT2D eigenvalue weighted by Gasteiger charge is 2.39. The molecule has 0 spiro atoms. The van der Waals surface area contributed by atoms with Crippen LogP contribution in [0.25, 0.3) is 93.6 Å². The molecule has 2 aromatic heterocycles. The van der Waals surface area contributed by atoms with Crippen LogP contribution in [0.2, 0.25) is 0 Å². The van der Waals surface area contributed by atoms with Crippen LogP contribution in [0.1, 0.15) is 67.9 Å². The highest BCUT2D eigenvalue weighted by molar-refractivity contribution is 6.13. The van der Waals surface area contributed by atoms with Gasteiger partial charge in [0.1, 0.15) is 0 Å². The Labute approximate surface area is 385 Å². The lowest BCUT2D eigenvalue weighted by molar-refractivity contribution is 0.591. The molecule has 0 saturated carbocycles. The van der Waals surface area contributed by atoms with E-state index >= 15 is 0 Å². The van der Waals surface area contributed by atoms with Crippen molar-refractivity contribution in [2.24, 2.45) is 0 Å². The van der Waals surface area contributed by atoms with E-state index in [1.165, 1.54) is 121 Å². The van der Waals surface area contributed by atoms with Gasteiger partial charge in [-0.15, -0.1) is 0 Å². The maximum absolute atomic E-state index is 2.50. The lowest BCUT2D eigenvalue weighted by atomic mass is 9.75. The second-order valence-electron chi connectivity index (χ2n) is 20.1. The molecule has 3 aliphatic carbocycles. The van der Waals surface area contributed by atoms with Crippen molar-refractivity contribution < 1.29 is 0 Å². The summed E-state index contributed by atoms with van der Waals surface area (Å²) in [6.45, 7) is 9.56. The quantitative estimate of drug-likeness (QED) is 0.167. The molecule has 66 heavy (non-hydrogen) atoms. The fourth-order valence-corrected chi connectivity index (χ4v) is 12.5. The van der Waals surface area contributed by atoms with E-state index in [0.717, 1.165) is 6.42 Å². The zero-order chi connectivity index (χ0) is 44.1. The van der Waals surface area contributed by atoms with Crippen LogP contribution in [0, 0.1) is 0 Å². The summed E-state index contributed by atoms with van der Waals surface area (Å²) in [6.07, 6.45) is 5.90. The second kappa shape index (κ2) is 13.4. The van der Waals surface area contributed by atoms with E-state index in [0.29, 0.717) is 5.92 Å². The number of fused-ring (bicyclic) bond motifs is 12. The van der Waals surface area contributed by atoms with Gasteiger partial charge in [0.2, 0.25) is 0 Å². The predicted molar refractivity (Wildman–Crippen MR) is 279 cm³/mol. The number of allylic oxidation sites excluding steroid dienone is 4. The molecule has 11 aromatic rings. The molecule has 14 rings (SSSR count). The number of benzene rings is 9. The fraction of sp³-hybridized carbons (Fsp3) is 0.125. The molecule has 0 fully saturated rings. The van der Waals surface area contributed by atoms with Crippen molar-refractivity contribution in [2.75, 3.05) is 0 Å². The van der Waals surface area contributed by atoms with Crippen molar-refractivity contribution in [1.29, 1.82) is 0 Å². The van der Waals surface area contributed by atoms with Gasteiger partial charge in [0.25, 0.3) is 0 Å². The Morgan fingerprint density at radius 3 is 1.74 bits per heavy atom. The molecule has 1 unspecified atom stereocenters. The van der Waals surface area contributed by atoms with Gasteiger partial charge in [0.15, 0.2) is 0 Å². The number of rotatable bonds is 4. The van der Waals surface area contributed by atoms with E-state index in [9.17, 15) is 0 Å². The summed E-state index contributed by atoms with van der Waals surface area (Å²) >= 11 is 0. The molecule has 0 amide bonds. The third-order valence-electron chi connectivity index (χ3n) is 15.9. The minimum absolute atomic E-state index is 0.0120. The third kappa shape index (κ3) is 5.19. The molecule has 0 bridgehead atoms. The van der Waals surface area contributed by atoms with Gasteiger partial charge in [0.05, 0.1) is 22.1 Å². The minimum atomic E-state index is -0.0710. The summed E-state index contributed by atoms with van der Waals surface area (Å²) in [5.74, 6) is 0.302. The van der Waals surface area contributed by atoms with Crippen LogP contribution in [-0.2, 0) is 10.8 Å². The molecule has 0 N–H and O–H groups in total. The van der Waals surface area contributed by atoms with E-state index in [-0.39, 0.29) is 10.8 Å². The summed E-state index contributed by atoms with van der Waals surface area (Å²) < 4.78 is 4.95. The van der Waals surface area contributed by atoms with Crippen molar-refractivity contribution in [3.8, 4) is 33.6 Å². The fourth-order valence-electron chi connectivity index (χ4n) is 12.5. The smallest absolute Gasteiger partial charge is 0.0541 e. The molecular formula is C64H48N2. The van der Waals surface area contributed by atoms with Gasteiger partial charge in [0, 0.05) is 49.7 Å². The van der Waals surface area contributed by atoms with E-state index in [1.807, 2.05) is 0 Å². The first-order valence-corrected chi connectivity index (χ1v) is 23.6. The molecule has 2 heterocycles. The highest BCUT2D eigenvalue weighted by Crippen LogP contribution is 2.53. The monoisotopic (exact) mass is 844 g/mol. The highest BCUT2D eigenvalue weighted by atomic mass is 15.0. The van der Waals surface area contributed by atoms with E-state index < -0.39 is 0 Å². The van der Waals surface area contributed by atoms with Crippen molar-refractivity contribution in [3.05, 3.63) is 234 Å². The Bertz CT molecular complexity index is 3970. The van der Waals surface area contributed by atoms with Crippen molar-refractivity contribution in [1.82, 2.24) is 9.13 Å². The van der Waals surface area contributed by atoms with Crippen molar-refractivity contribution >= 4 is 60.0 Å². The Morgan fingerprint density at radius 1 is 0.409 bits per heavy atom. The molecule has 0 saturated heterocycles. The first-order valence-electron chi connectivity index (χ1n) is 23.6. The molecule has 314 valence electrons. The summed E-state index contributed by atoms with van der Waals surface area (Å²) in [4.78, 5) is 0. The second-order valence-corrected chi connectivity index (χ2v) is 20.1. The largest absolute Gasteiger partial charge is 0.309 e. The zero-order valence-corrected chi connectivity index (χ0v) is 37.7. The normalized spacial score (nSPS) is 16.7. The van der Waals surface area contributed by atoms with Crippen LogP contribution in [0.4, 0.5) is 0 Å². The molecule has 0 radical (unpaired) electrons. The van der Waals surface area contributed by atoms with Crippen LogP contribution in [0.15, 0.2) is 206 Å². The Hall–Kier alpha value is -7.68. The molecule has 9 aromatic carbocycles. The van der Waals surface area contributed by atoms with Crippen LogP contribution < -0.4 is 0 Å². The molecular weight excluding hydrogens is 797 g/mol. The maximum Gasteiger partial charge on any atom is 0.0541 e. The van der Waals surface area contributed by atoms with E-state index in [4.69, 9.17) is 0 Å². The number of aromatic nitrogens is 2. The minimum Gasteiger partial charge on any atom is -0.309 e. The third-order valence-corrected chi connectivity index (χ3v) is 15.9. The van der Waals surface area contributed by atoms with Crippen molar-refractivity contribution in [2.45, 2.75) is 50.9 Å². The van der Waals surface area contributed by atoms with E-state index in [2.05, 4.69) is 237 Å². The molecule has 2 heteroatoms. The number of hydrogen-bond donors (Lipinski definition) is 0. The predicted octanol–water partition coefficient (Wildman–Crippen LogP) is 16.8. The average molecular weight is 845 g/mol. The zero-order valence-electron chi connectivity index (χ0n) is 37.7. The van der Waals surface area contributed by atoms with Crippen LogP contribution in [0.3, 0.4) is 0 Å². The first-order chi connectivity index (χ1) is 32.2. The molecule has 1 atom stereocenters. The standard InChI is InChI=1S/C64H48N2/c1-63(2)55-18-10-7-15-47(55)49-28-22-44(37-57(49)63)43-25-32-62-54(36-43)53-35-42(24-31-61(53)65(62)45-26-21-39-13-5-6-14-40(39)33-45)41-23-30-60-52(34-41)51-17-9-12-20-59(51)66(60)46-27-29-50-48-16-8-11-19-56(48)64(3,4)58(50)38-46/h5-36,38,44H,37H2,1-4H3. The number of hydrogen-bond acceptors (Lipinski definition) is 0. The van der Waals surface area contributed by atoms with Crippen LogP contribution in [-0.4, -0.2) is 9.13 Å². The average Bonchev–Trinajstić information content (AvgIpc) is 4.01. The van der Waals surface area contributed by atoms with Gasteiger partial charge in [-0.05, 0) is 140 Å². The van der Waals surface area contributed by atoms with Crippen LogP contribution in [0.5, 0.6) is 0 Å². The van der Waals surface area contributed by atoms with Gasteiger partial charge in [-0.3, -0.25) is 0 Å². The van der Waals surface area contributed by atoms with E-state index in [1.54, 1.807) is 5.57 Å². The summed E-state index contributed by atoms with van der Waals surface area (Å²) in [5.41, 5.74) is 22.3.